The van der Waals surface area contributed by atoms with E-state index in [1.165, 1.54) is 17.4 Å². The first-order chi connectivity index (χ1) is 14.5. The van der Waals surface area contributed by atoms with Crippen LogP contribution in [0.4, 0.5) is 0 Å². The zero-order valence-electron chi connectivity index (χ0n) is 19.3. The van der Waals surface area contributed by atoms with Crippen molar-refractivity contribution < 1.29 is 22.9 Å². The molecule has 0 aliphatic carbocycles. The van der Waals surface area contributed by atoms with Crippen LogP contribution in [0.5, 0.6) is 0 Å². The molecule has 2 heterocycles. The van der Waals surface area contributed by atoms with E-state index >= 15 is 0 Å². The summed E-state index contributed by atoms with van der Waals surface area (Å²) in [6.07, 6.45) is 2.73. The number of fused-ring (bicyclic) bond motifs is 1. The molecule has 0 aliphatic heterocycles. The van der Waals surface area contributed by atoms with Gasteiger partial charge in [0.15, 0.2) is 11.3 Å². The second kappa shape index (κ2) is 11.2. The predicted molar refractivity (Wildman–Crippen MR) is 123 cm³/mol. The minimum Gasteiger partial charge on any atom is -0.410 e. The Morgan fingerprint density at radius 3 is 2.35 bits per heavy atom. The fraction of sp³-hybridized carbons (Fsp3) is 0.737. The topological polar surface area (TPSA) is 97.6 Å². The van der Waals surface area contributed by atoms with Crippen molar-refractivity contribution in [2.24, 2.45) is 5.41 Å². The standard InChI is InChI=1S/C19H33ClN4O5PSi/c1-8-26-30(25,27-9-2)11-10-14(16(19(3,4)5)29-31(6)7)28-24-13-23-15-17(20)21-12-22-18(15)24/h12-14,16H,8-11H2,1-7H3. The van der Waals surface area contributed by atoms with Crippen molar-refractivity contribution in [3.63, 3.8) is 0 Å². The Morgan fingerprint density at radius 1 is 1.16 bits per heavy atom. The van der Waals surface area contributed by atoms with Crippen molar-refractivity contribution in [2.45, 2.75) is 66.3 Å². The van der Waals surface area contributed by atoms with Gasteiger partial charge in [0, 0.05) is 6.42 Å². The average molecular weight is 492 g/mol. The van der Waals surface area contributed by atoms with Crippen LogP contribution in [0.25, 0.3) is 11.2 Å². The average Bonchev–Trinajstić information content (AvgIpc) is 3.07. The highest BCUT2D eigenvalue weighted by molar-refractivity contribution is 7.53. The molecule has 2 rings (SSSR count). The molecule has 175 valence electrons. The second-order valence-electron chi connectivity index (χ2n) is 8.32. The number of aromatic nitrogens is 4. The largest absolute Gasteiger partial charge is 0.410 e. The maximum Gasteiger partial charge on any atom is 0.330 e. The lowest BCUT2D eigenvalue weighted by Crippen LogP contribution is -2.48. The molecular formula is C19H33ClN4O5PSi. The zero-order valence-corrected chi connectivity index (χ0v) is 21.9. The molecule has 0 fully saturated rings. The van der Waals surface area contributed by atoms with Gasteiger partial charge in [0.05, 0.1) is 25.5 Å². The van der Waals surface area contributed by atoms with Crippen LogP contribution in [0, 0.1) is 5.41 Å². The van der Waals surface area contributed by atoms with Gasteiger partial charge >= 0.3 is 7.60 Å². The lowest BCUT2D eigenvalue weighted by molar-refractivity contribution is -0.0733. The van der Waals surface area contributed by atoms with E-state index < -0.39 is 22.7 Å². The molecule has 0 spiro atoms. The summed E-state index contributed by atoms with van der Waals surface area (Å²) < 4.78 is 31.9. The minimum atomic E-state index is -3.24. The predicted octanol–water partition coefficient (Wildman–Crippen LogP) is 4.62. The first kappa shape index (κ1) is 26.2. The summed E-state index contributed by atoms with van der Waals surface area (Å²) in [5.74, 6) is 0. The van der Waals surface area contributed by atoms with Gasteiger partial charge in [-0.05, 0) is 32.4 Å². The third kappa shape index (κ3) is 7.23. The monoisotopic (exact) mass is 491 g/mol. The van der Waals surface area contributed by atoms with Crippen LogP contribution in [-0.2, 0) is 18.0 Å². The number of rotatable bonds is 12. The van der Waals surface area contributed by atoms with Gasteiger partial charge in [-0.1, -0.05) is 32.4 Å². The molecule has 0 saturated heterocycles. The van der Waals surface area contributed by atoms with E-state index in [1.54, 1.807) is 13.8 Å². The van der Waals surface area contributed by atoms with Gasteiger partial charge in [-0.3, -0.25) is 4.57 Å². The molecule has 0 aliphatic rings. The summed E-state index contributed by atoms with van der Waals surface area (Å²) >= 11 is 6.13. The van der Waals surface area contributed by atoms with Gasteiger partial charge in [-0.2, -0.15) is 4.73 Å². The van der Waals surface area contributed by atoms with Crippen molar-refractivity contribution in [1.29, 1.82) is 0 Å². The van der Waals surface area contributed by atoms with Gasteiger partial charge in [-0.15, -0.1) is 0 Å². The molecule has 0 amide bonds. The molecule has 2 atom stereocenters. The van der Waals surface area contributed by atoms with Crippen LogP contribution in [0.15, 0.2) is 12.7 Å². The summed E-state index contributed by atoms with van der Waals surface area (Å²) in [4.78, 5) is 18.8. The van der Waals surface area contributed by atoms with Crippen molar-refractivity contribution in [3.8, 4) is 0 Å². The summed E-state index contributed by atoms with van der Waals surface area (Å²) in [6, 6.07) is 0. The van der Waals surface area contributed by atoms with Crippen LogP contribution >= 0.6 is 19.2 Å². The van der Waals surface area contributed by atoms with Crippen molar-refractivity contribution in [2.75, 3.05) is 19.4 Å². The molecule has 0 N–H and O–H groups in total. The number of nitrogens with zero attached hydrogens (tertiary/aromatic N) is 4. The minimum absolute atomic E-state index is 0.202. The van der Waals surface area contributed by atoms with E-state index in [0.717, 1.165) is 0 Å². The lowest BCUT2D eigenvalue weighted by atomic mass is 9.85. The first-order valence-corrected chi connectivity index (χ1v) is 14.9. The quantitative estimate of drug-likeness (QED) is 0.241. The SMILES string of the molecule is CCOP(=O)(CCC(On1cnc2c(Cl)ncnc21)C(O[Si](C)C)C(C)(C)C)OCC. The van der Waals surface area contributed by atoms with Crippen LogP contribution in [0.3, 0.4) is 0 Å². The highest BCUT2D eigenvalue weighted by atomic mass is 35.5. The summed E-state index contributed by atoms with van der Waals surface area (Å²) in [5, 5.41) is 0.248. The second-order valence-corrected chi connectivity index (χ2v) is 12.9. The van der Waals surface area contributed by atoms with Crippen molar-refractivity contribution >= 4 is 39.4 Å². The van der Waals surface area contributed by atoms with E-state index in [2.05, 4.69) is 48.8 Å². The summed E-state index contributed by atoms with van der Waals surface area (Å²) in [6.45, 7) is 14.6. The zero-order chi connectivity index (χ0) is 23.2. The Labute approximate surface area is 191 Å². The molecule has 2 unspecified atom stereocenters. The van der Waals surface area contributed by atoms with E-state index in [0.29, 0.717) is 30.8 Å². The Hall–Kier alpha value is -1.03. The maximum absolute atomic E-state index is 13.1. The van der Waals surface area contributed by atoms with Gasteiger partial charge in [0.2, 0.25) is 14.7 Å². The fourth-order valence-electron chi connectivity index (χ4n) is 3.18. The van der Waals surface area contributed by atoms with Gasteiger partial charge in [0.1, 0.15) is 18.2 Å². The normalized spacial score (nSPS) is 14.9. The maximum atomic E-state index is 13.1. The van der Waals surface area contributed by atoms with Crippen molar-refractivity contribution in [3.05, 3.63) is 17.8 Å². The highest BCUT2D eigenvalue weighted by Gasteiger charge is 2.38. The summed E-state index contributed by atoms with van der Waals surface area (Å²) in [7, 11) is -4.29. The van der Waals surface area contributed by atoms with Crippen LogP contribution < -0.4 is 4.84 Å². The van der Waals surface area contributed by atoms with Crippen LogP contribution in [-0.4, -0.2) is 60.3 Å². The Bertz CT molecular complexity index is 882. The number of imidazole rings is 1. The Kier molecular flexibility index (Phi) is 9.48. The molecule has 2 aromatic heterocycles. The molecule has 2 aromatic rings. The lowest BCUT2D eigenvalue weighted by Gasteiger charge is -2.38. The Balaban J connectivity index is 2.38. The molecule has 0 bridgehead atoms. The van der Waals surface area contributed by atoms with Crippen LogP contribution in [0.1, 0.15) is 41.0 Å². The van der Waals surface area contributed by atoms with Gasteiger partial charge in [0.25, 0.3) is 0 Å². The number of hydrogen-bond acceptors (Lipinski definition) is 8. The molecule has 0 aromatic carbocycles. The van der Waals surface area contributed by atoms with E-state index in [9.17, 15) is 4.57 Å². The molecule has 31 heavy (non-hydrogen) atoms. The number of halogens is 1. The molecular weight excluding hydrogens is 459 g/mol. The number of hydrogen-bond donors (Lipinski definition) is 0. The smallest absolute Gasteiger partial charge is 0.330 e. The van der Waals surface area contributed by atoms with Crippen LogP contribution in [0.2, 0.25) is 18.2 Å². The molecule has 0 saturated carbocycles. The third-order valence-electron chi connectivity index (χ3n) is 4.40. The molecule has 1 radical (unpaired) electrons. The first-order valence-electron chi connectivity index (χ1n) is 10.4. The third-order valence-corrected chi connectivity index (χ3v) is 7.51. The van der Waals surface area contributed by atoms with E-state index in [-0.39, 0.29) is 22.8 Å². The molecule has 9 nitrogen and oxygen atoms in total. The van der Waals surface area contributed by atoms with Gasteiger partial charge in [-0.25, -0.2) is 15.0 Å². The van der Waals surface area contributed by atoms with Crippen molar-refractivity contribution in [1.82, 2.24) is 19.7 Å². The Morgan fingerprint density at radius 2 is 1.81 bits per heavy atom. The summed E-state index contributed by atoms with van der Waals surface area (Å²) in [5.41, 5.74) is 0.659. The van der Waals surface area contributed by atoms with Gasteiger partial charge < -0.3 is 18.3 Å². The highest BCUT2D eigenvalue weighted by Crippen LogP contribution is 2.49. The molecule has 12 heteroatoms. The fourth-order valence-corrected chi connectivity index (χ4v) is 6.06. The van der Waals surface area contributed by atoms with E-state index in [4.69, 9.17) is 29.9 Å². The van der Waals surface area contributed by atoms with E-state index in [1.807, 2.05) is 0 Å².